The van der Waals surface area contributed by atoms with Crippen LogP contribution in [0.3, 0.4) is 0 Å². The van der Waals surface area contributed by atoms with E-state index in [0.29, 0.717) is 21.8 Å². The smallest absolute Gasteiger partial charge is 0.272 e. The van der Waals surface area contributed by atoms with Gasteiger partial charge in [-0.3, -0.25) is 9.52 Å². The molecule has 156 valence electrons. The van der Waals surface area contributed by atoms with E-state index in [2.05, 4.69) is 14.7 Å². The standard InChI is InChI=1S/C17H12FN3O3S.C3H6O2/c18-10-1-3-11(4-2-10)21-25(23,24)12-5-6-15-14(9-12)13-7-8-19-16(13)17(22)20-15;1-2-3(4)5/h1-9,19,21H,(H,20,22);2H2,1H3,(H,4,5)/p-1. The molecule has 30 heavy (non-hydrogen) atoms. The maximum absolute atomic E-state index is 13.0. The number of carboxylic acids is 1. The summed E-state index contributed by atoms with van der Waals surface area (Å²) in [5.74, 6) is -1.45. The van der Waals surface area contributed by atoms with Gasteiger partial charge in [-0.05, 0) is 55.0 Å². The maximum Gasteiger partial charge on any atom is 0.272 e. The third-order valence-corrected chi connectivity index (χ3v) is 5.58. The molecule has 4 aromatic rings. The second-order valence-electron chi connectivity index (χ2n) is 6.27. The summed E-state index contributed by atoms with van der Waals surface area (Å²) in [4.78, 5) is 26.8. The quantitative estimate of drug-likeness (QED) is 0.456. The molecule has 2 heterocycles. The minimum Gasteiger partial charge on any atom is -0.550 e. The molecule has 8 nitrogen and oxygen atoms in total. The van der Waals surface area contributed by atoms with Crippen LogP contribution in [-0.2, 0) is 14.8 Å². The van der Waals surface area contributed by atoms with E-state index >= 15 is 0 Å². The molecule has 3 N–H and O–H groups in total. The molecule has 10 heteroatoms. The number of nitrogens with one attached hydrogen (secondary N) is 3. The Morgan fingerprint density at radius 3 is 2.40 bits per heavy atom. The predicted octanol–water partition coefficient (Wildman–Crippen LogP) is 2.10. The molecule has 0 spiro atoms. The van der Waals surface area contributed by atoms with Crippen LogP contribution in [0.25, 0.3) is 21.8 Å². The van der Waals surface area contributed by atoms with Crippen LogP contribution in [0.4, 0.5) is 10.1 Å². The van der Waals surface area contributed by atoms with Crippen molar-refractivity contribution in [1.29, 1.82) is 0 Å². The van der Waals surface area contributed by atoms with Crippen LogP contribution in [0, 0.1) is 5.82 Å². The van der Waals surface area contributed by atoms with Crippen molar-refractivity contribution in [2.75, 3.05) is 4.72 Å². The summed E-state index contributed by atoms with van der Waals surface area (Å²) in [6, 6.07) is 11.2. The Kier molecular flexibility index (Phi) is 5.88. The number of aromatic amines is 2. The molecule has 0 amide bonds. The van der Waals surface area contributed by atoms with Crippen LogP contribution in [0.5, 0.6) is 0 Å². The first-order chi connectivity index (χ1) is 14.2. The lowest BCUT2D eigenvalue weighted by atomic mass is 10.1. The van der Waals surface area contributed by atoms with Crippen LogP contribution in [0.2, 0.25) is 0 Å². The zero-order valence-corrected chi connectivity index (χ0v) is 16.5. The van der Waals surface area contributed by atoms with Gasteiger partial charge in [0, 0.05) is 34.1 Å². The summed E-state index contributed by atoms with van der Waals surface area (Å²) in [5.41, 5.74) is 0.911. The molecule has 2 aromatic carbocycles. The summed E-state index contributed by atoms with van der Waals surface area (Å²) in [7, 11) is -3.85. The minimum atomic E-state index is -3.85. The van der Waals surface area contributed by atoms with Gasteiger partial charge in [0.25, 0.3) is 15.6 Å². The SMILES string of the molecule is CCC(=O)[O-].O=c1[nH]c2ccc(S(=O)(=O)Nc3ccc(F)cc3)cc2c2cc[nH]c12. The van der Waals surface area contributed by atoms with Gasteiger partial charge in [-0.2, -0.15) is 0 Å². The molecule has 0 aliphatic heterocycles. The Balaban J connectivity index is 0.000000461. The zero-order chi connectivity index (χ0) is 21.9. The third kappa shape index (κ3) is 4.49. The number of anilines is 1. The van der Waals surface area contributed by atoms with Crippen LogP contribution < -0.4 is 15.4 Å². The summed E-state index contributed by atoms with van der Waals surface area (Å²) >= 11 is 0. The molecule has 0 aliphatic rings. The van der Waals surface area contributed by atoms with Gasteiger partial charge in [0.15, 0.2) is 0 Å². The lowest BCUT2D eigenvalue weighted by Crippen LogP contribution is -2.19. The highest BCUT2D eigenvalue weighted by Crippen LogP contribution is 2.25. The number of carbonyl (C=O) groups is 1. The third-order valence-electron chi connectivity index (χ3n) is 4.20. The number of H-pyrrole nitrogens is 2. The molecule has 0 fully saturated rings. The van der Waals surface area contributed by atoms with E-state index in [4.69, 9.17) is 0 Å². The van der Waals surface area contributed by atoms with Crippen molar-refractivity contribution >= 4 is 43.5 Å². The zero-order valence-electron chi connectivity index (χ0n) is 15.7. The van der Waals surface area contributed by atoms with Gasteiger partial charge >= 0.3 is 0 Å². The normalized spacial score (nSPS) is 11.1. The highest BCUT2D eigenvalue weighted by atomic mass is 32.2. The highest BCUT2D eigenvalue weighted by molar-refractivity contribution is 7.92. The van der Waals surface area contributed by atoms with Crippen molar-refractivity contribution in [3.8, 4) is 0 Å². The van der Waals surface area contributed by atoms with Gasteiger partial charge in [0.05, 0.1) is 4.90 Å². The Morgan fingerprint density at radius 1 is 1.10 bits per heavy atom. The maximum atomic E-state index is 13.0. The molecule has 0 bridgehead atoms. The number of hydrogen-bond donors (Lipinski definition) is 3. The number of hydrogen-bond acceptors (Lipinski definition) is 5. The van der Waals surface area contributed by atoms with E-state index in [9.17, 15) is 27.5 Å². The molecule has 0 unspecified atom stereocenters. The van der Waals surface area contributed by atoms with Gasteiger partial charge in [0.1, 0.15) is 11.3 Å². The lowest BCUT2D eigenvalue weighted by molar-refractivity contribution is -0.305. The monoisotopic (exact) mass is 430 g/mol. The first-order valence-electron chi connectivity index (χ1n) is 8.82. The van der Waals surface area contributed by atoms with Gasteiger partial charge in [0.2, 0.25) is 0 Å². The molecule has 0 saturated carbocycles. The van der Waals surface area contributed by atoms with E-state index in [-0.39, 0.29) is 22.6 Å². The average Bonchev–Trinajstić information content (AvgIpc) is 3.21. The fraction of sp³-hybridized carbons (Fsp3) is 0.100. The number of fused-ring (bicyclic) bond motifs is 3. The fourth-order valence-corrected chi connectivity index (χ4v) is 3.81. The molecule has 0 atom stereocenters. The molecule has 2 aromatic heterocycles. The van der Waals surface area contributed by atoms with Crippen molar-refractivity contribution in [3.63, 3.8) is 0 Å². The number of benzene rings is 2. The van der Waals surface area contributed by atoms with Gasteiger partial charge in [-0.1, -0.05) is 6.92 Å². The minimum absolute atomic E-state index is 0.0406. The fourth-order valence-electron chi connectivity index (χ4n) is 2.72. The number of carboxylic acid groups (broad SMARTS) is 1. The number of rotatable bonds is 4. The molecule has 0 radical (unpaired) electrons. The van der Waals surface area contributed by atoms with Crippen molar-refractivity contribution < 1.29 is 22.7 Å². The number of aromatic nitrogens is 2. The Bertz CT molecular complexity index is 1380. The van der Waals surface area contributed by atoms with Crippen LogP contribution in [0.1, 0.15) is 13.3 Å². The van der Waals surface area contributed by atoms with Gasteiger partial charge in [-0.25, -0.2) is 12.8 Å². The number of halogens is 1. The lowest BCUT2D eigenvalue weighted by Gasteiger charge is -2.09. The summed E-state index contributed by atoms with van der Waals surface area (Å²) in [6.07, 6.45) is 1.73. The second kappa shape index (κ2) is 8.37. The highest BCUT2D eigenvalue weighted by Gasteiger charge is 2.16. The molecular formula is C20H17FN3O5S-. The van der Waals surface area contributed by atoms with E-state index in [1.807, 2.05) is 0 Å². The molecule has 0 aliphatic carbocycles. The number of carbonyl (C=O) groups excluding carboxylic acids is 1. The number of pyridine rings is 1. The second-order valence-corrected chi connectivity index (χ2v) is 7.95. The first kappa shape index (κ1) is 21.1. The Labute approximate surface area is 170 Å². The first-order valence-corrected chi connectivity index (χ1v) is 10.3. The molecule has 0 saturated heterocycles. The van der Waals surface area contributed by atoms with E-state index in [1.165, 1.54) is 43.3 Å². The Morgan fingerprint density at radius 2 is 1.77 bits per heavy atom. The van der Waals surface area contributed by atoms with Crippen molar-refractivity contribution in [2.24, 2.45) is 0 Å². The van der Waals surface area contributed by atoms with E-state index < -0.39 is 21.8 Å². The van der Waals surface area contributed by atoms with Gasteiger partial charge in [-0.15, -0.1) is 0 Å². The van der Waals surface area contributed by atoms with E-state index in [0.717, 1.165) is 0 Å². The summed E-state index contributed by atoms with van der Waals surface area (Å²) in [5, 5.41) is 10.5. The van der Waals surface area contributed by atoms with E-state index in [1.54, 1.807) is 18.3 Å². The van der Waals surface area contributed by atoms with Crippen molar-refractivity contribution in [2.45, 2.75) is 18.2 Å². The van der Waals surface area contributed by atoms with Crippen LogP contribution in [-0.4, -0.2) is 24.4 Å². The molecule has 4 rings (SSSR count). The number of sulfonamides is 1. The molecular weight excluding hydrogens is 413 g/mol. The largest absolute Gasteiger partial charge is 0.550 e. The average molecular weight is 430 g/mol. The van der Waals surface area contributed by atoms with Crippen molar-refractivity contribution in [1.82, 2.24) is 9.97 Å². The van der Waals surface area contributed by atoms with Crippen LogP contribution in [0.15, 0.2) is 64.4 Å². The number of aliphatic carboxylic acids is 1. The Hall–Kier alpha value is -3.66. The predicted molar refractivity (Wildman–Crippen MR) is 109 cm³/mol. The van der Waals surface area contributed by atoms with Crippen molar-refractivity contribution in [3.05, 3.63) is 70.9 Å². The summed E-state index contributed by atoms with van der Waals surface area (Å²) < 4.78 is 40.5. The topological polar surface area (TPSA) is 135 Å². The van der Waals surface area contributed by atoms with Gasteiger partial charge < -0.3 is 19.9 Å². The summed E-state index contributed by atoms with van der Waals surface area (Å²) in [6.45, 7) is 1.54. The van der Waals surface area contributed by atoms with Crippen LogP contribution >= 0.6 is 0 Å².